The van der Waals surface area contributed by atoms with Crippen molar-refractivity contribution in [3.8, 4) is 5.75 Å². The molecule has 1 aliphatic rings. The summed E-state index contributed by atoms with van der Waals surface area (Å²) >= 11 is 0. The molecule has 0 unspecified atom stereocenters. The lowest BCUT2D eigenvalue weighted by Crippen LogP contribution is -2.46. The zero-order valence-corrected chi connectivity index (χ0v) is 15.1. The van der Waals surface area contributed by atoms with Crippen LogP contribution in [-0.2, 0) is 6.54 Å². The van der Waals surface area contributed by atoms with Gasteiger partial charge in [0.25, 0.3) is 0 Å². The molecule has 0 atom stereocenters. The molecule has 0 aliphatic heterocycles. The topological polar surface area (TPSA) is 34.1 Å². The second-order valence-electron chi connectivity index (χ2n) is 7.24. The fraction of sp³-hybridized carbons (Fsp3) is 0.318. The fourth-order valence-corrected chi connectivity index (χ4v) is 3.65. The highest BCUT2D eigenvalue weighted by Gasteiger charge is 2.30. The highest BCUT2D eigenvalue weighted by atomic mass is 19.1. The van der Waals surface area contributed by atoms with Crippen LogP contribution in [0.15, 0.2) is 48.8 Å². The van der Waals surface area contributed by atoms with Crippen LogP contribution in [0.4, 0.5) is 4.39 Å². The molecular weight excluding hydrogens is 327 g/mol. The van der Waals surface area contributed by atoms with Crippen molar-refractivity contribution in [1.82, 2.24) is 10.3 Å². The molecule has 1 aliphatic carbocycles. The maximum absolute atomic E-state index is 14.2. The maximum atomic E-state index is 14.2. The summed E-state index contributed by atoms with van der Waals surface area (Å²) < 4.78 is 20.3. The van der Waals surface area contributed by atoms with Crippen LogP contribution in [-0.4, -0.2) is 17.1 Å². The quantitative estimate of drug-likeness (QED) is 0.725. The maximum Gasteiger partial charge on any atom is 0.128 e. The van der Waals surface area contributed by atoms with Crippen LogP contribution in [0.1, 0.15) is 29.5 Å². The van der Waals surface area contributed by atoms with E-state index in [1.54, 1.807) is 18.5 Å². The van der Waals surface area contributed by atoms with E-state index < -0.39 is 0 Å². The molecule has 0 saturated heterocycles. The number of nitrogens with zero attached hydrogens (tertiary/aromatic N) is 1. The normalized spacial score (nSPS) is 19.3. The molecule has 2 aromatic carbocycles. The highest BCUT2D eigenvalue weighted by Crippen LogP contribution is 2.28. The molecular formula is C22H23FN2O. The SMILES string of the molecule is Cc1cc(C)cc(O[C@H]2C[C@H](NCc3c(F)ccc4cnccc34)C2)c1. The lowest BCUT2D eigenvalue weighted by Gasteiger charge is -2.36. The number of rotatable bonds is 5. The number of ether oxygens (including phenoxy) is 1. The van der Waals surface area contributed by atoms with E-state index in [-0.39, 0.29) is 11.9 Å². The predicted molar refractivity (Wildman–Crippen MR) is 102 cm³/mol. The van der Waals surface area contributed by atoms with Crippen LogP contribution < -0.4 is 10.1 Å². The van der Waals surface area contributed by atoms with Crippen molar-refractivity contribution in [3.63, 3.8) is 0 Å². The van der Waals surface area contributed by atoms with Crippen LogP contribution in [0.3, 0.4) is 0 Å². The number of hydrogen-bond donors (Lipinski definition) is 1. The molecule has 0 radical (unpaired) electrons. The molecule has 4 rings (SSSR count). The molecule has 1 aromatic heterocycles. The van der Waals surface area contributed by atoms with Crippen molar-refractivity contribution in [2.45, 2.75) is 45.4 Å². The number of benzene rings is 2. The van der Waals surface area contributed by atoms with Gasteiger partial charge in [-0.25, -0.2) is 4.39 Å². The molecule has 0 spiro atoms. The van der Waals surface area contributed by atoms with Crippen LogP contribution in [0, 0.1) is 19.7 Å². The van der Waals surface area contributed by atoms with Crippen molar-refractivity contribution in [1.29, 1.82) is 0 Å². The number of pyridine rings is 1. The molecule has 3 aromatic rings. The average Bonchev–Trinajstić information content (AvgIpc) is 2.57. The van der Waals surface area contributed by atoms with Gasteiger partial charge in [0, 0.05) is 35.9 Å². The van der Waals surface area contributed by atoms with Crippen molar-refractivity contribution < 1.29 is 9.13 Å². The summed E-state index contributed by atoms with van der Waals surface area (Å²) in [4.78, 5) is 4.11. The summed E-state index contributed by atoms with van der Waals surface area (Å²) in [6, 6.07) is 11.8. The Morgan fingerprint density at radius 2 is 1.88 bits per heavy atom. The van der Waals surface area contributed by atoms with Gasteiger partial charge in [-0.3, -0.25) is 4.98 Å². The largest absolute Gasteiger partial charge is 0.490 e. The van der Waals surface area contributed by atoms with Crippen LogP contribution >= 0.6 is 0 Å². The Morgan fingerprint density at radius 1 is 1.12 bits per heavy atom. The molecule has 1 heterocycles. The highest BCUT2D eigenvalue weighted by molar-refractivity contribution is 5.84. The number of nitrogens with one attached hydrogen (secondary N) is 1. The fourth-order valence-electron chi connectivity index (χ4n) is 3.65. The summed E-state index contributed by atoms with van der Waals surface area (Å²) in [5.41, 5.74) is 3.15. The molecule has 0 amide bonds. The predicted octanol–water partition coefficient (Wildman–Crippen LogP) is 4.69. The lowest BCUT2D eigenvalue weighted by molar-refractivity contribution is 0.0841. The molecule has 1 saturated carbocycles. The second-order valence-corrected chi connectivity index (χ2v) is 7.24. The summed E-state index contributed by atoms with van der Waals surface area (Å²) in [6.45, 7) is 4.69. The zero-order valence-electron chi connectivity index (χ0n) is 15.1. The Balaban J connectivity index is 1.34. The molecule has 26 heavy (non-hydrogen) atoms. The summed E-state index contributed by atoms with van der Waals surface area (Å²) in [5, 5.41) is 5.36. The summed E-state index contributed by atoms with van der Waals surface area (Å²) in [5.74, 6) is 0.775. The minimum absolute atomic E-state index is 0.168. The summed E-state index contributed by atoms with van der Waals surface area (Å²) in [6.07, 6.45) is 5.61. The Morgan fingerprint density at radius 3 is 2.65 bits per heavy atom. The minimum Gasteiger partial charge on any atom is -0.490 e. The number of halogens is 1. The van der Waals surface area contributed by atoms with Crippen molar-refractivity contribution in [3.05, 3.63) is 71.3 Å². The van der Waals surface area contributed by atoms with E-state index in [4.69, 9.17) is 4.74 Å². The van der Waals surface area contributed by atoms with Crippen LogP contribution in [0.25, 0.3) is 10.8 Å². The number of aryl methyl sites for hydroxylation is 2. The smallest absolute Gasteiger partial charge is 0.128 e. The average molecular weight is 350 g/mol. The van der Waals surface area contributed by atoms with E-state index >= 15 is 0 Å². The standard InChI is InChI=1S/C22H23FN2O/c1-14-7-15(2)9-18(8-14)26-19-10-17(11-19)25-13-21-20-5-6-24-12-16(20)3-4-22(21)23/h3-9,12,17,19,25H,10-11,13H2,1-2H3/t17-,19-. The number of fused-ring (bicyclic) bond motifs is 1. The molecule has 1 fully saturated rings. The van der Waals surface area contributed by atoms with Gasteiger partial charge < -0.3 is 10.1 Å². The van der Waals surface area contributed by atoms with Gasteiger partial charge >= 0.3 is 0 Å². The third-order valence-corrected chi connectivity index (χ3v) is 5.03. The zero-order chi connectivity index (χ0) is 18.1. The molecule has 3 nitrogen and oxygen atoms in total. The van der Waals surface area contributed by atoms with E-state index in [0.29, 0.717) is 18.2 Å². The van der Waals surface area contributed by atoms with Gasteiger partial charge in [0.05, 0.1) is 0 Å². The Bertz CT molecular complexity index is 914. The van der Waals surface area contributed by atoms with Crippen molar-refractivity contribution in [2.75, 3.05) is 0 Å². The van der Waals surface area contributed by atoms with Crippen molar-refractivity contribution in [2.24, 2.45) is 0 Å². The van der Waals surface area contributed by atoms with Gasteiger partial charge in [-0.05, 0) is 73.5 Å². The third kappa shape index (κ3) is 3.56. The van der Waals surface area contributed by atoms with Gasteiger partial charge in [0.2, 0.25) is 0 Å². The van der Waals surface area contributed by atoms with E-state index in [2.05, 4.69) is 42.3 Å². The molecule has 134 valence electrons. The van der Waals surface area contributed by atoms with Gasteiger partial charge in [-0.2, -0.15) is 0 Å². The summed E-state index contributed by atoms with van der Waals surface area (Å²) in [7, 11) is 0. The first-order valence-electron chi connectivity index (χ1n) is 9.08. The van der Waals surface area contributed by atoms with Crippen LogP contribution in [0.5, 0.6) is 5.75 Å². The minimum atomic E-state index is -0.168. The van der Waals surface area contributed by atoms with E-state index in [1.807, 2.05) is 6.07 Å². The number of hydrogen-bond acceptors (Lipinski definition) is 3. The Labute approximate surface area is 153 Å². The van der Waals surface area contributed by atoms with Gasteiger partial charge in [0.1, 0.15) is 17.7 Å². The van der Waals surface area contributed by atoms with Gasteiger partial charge in [-0.1, -0.05) is 6.07 Å². The molecule has 4 heteroatoms. The van der Waals surface area contributed by atoms with E-state index in [1.165, 1.54) is 17.2 Å². The third-order valence-electron chi connectivity index (χ3n) is 5.03. The first-order chi connectivity index (χ1) is 12.6. The van der Waals surface area contributed by atoms with E-state index in [0.717, 1.165) is 29.4 Å². The van der Waals surface area contributed by atoms with E-state index in [9.17, 15) is 4.39 Å². The molecule has 1 N–H and O–H groups in total. The van der Waals surface area contributed by atoms with Gasteiger partial charge in [-0.15, -0.1) is 0 Å². The van der Waals surface area contributed by atoms with Gasteiger partial charge in [0.15, 0.2) is 0 Å². The number of aromatic nitrogens is 1. The lowest BCUT2D eigenvalue weighted by atomic mass is 9.89. The molecule has 0 bridgehead atoms. The second kappa shape index (κ2) is 7.04. The van der Waals surface area contributed by atoms with Crippen molar-refractivity contribution >= 4 is 10.8 Å². The first-order valence-corrected chi connectivity index (χ1v) is 9.08. The first kappa shape index (κ1) is 17.0. The Kier molecular flexibility index (Phi) is 4.60. The Hall–Kier alpha value is -2.46. The monoisotopic (exact) mass is 350 g/mol. The van der Waals surface area contributed by atoms with Crippen LogP contribution in [0.2, 0.25) is 0 Å².